The van der Waals surface area contributed by atoms with Gasteiger partial charge in [0.05, 0.1) is 11.5 Å². The molecule has 19 heavy (non-hydrogen) atoms. The molecule has 0 aromatic rings. The van der Waals surface area contributed by atoms with Crippen LogP contribution in [0.15, 0.2) is 0 Å². The van der Waals surface area contributed by atoms with E-state index in [2.05, 4.69) is 5.32 Å². The Hall–Kier alpha value is -1.11. The molecule has 0 rings (SSSR count). The molecule has 2 amide bonds. The van der Waals surface area contributed by atoms with Crippen LogP contribution in [-0.4, -0.2) is 37.8 Å². The number of hydrogen-bond donors (Lipinski definition) is 2. The molecule has 1 atom stereocenters. The molecule has 0 saturated heterocycles. The summed E-state index contributed by atoms with van der Waals surface area (Å²) in [5, 5.41) is 2.46. The smallest absolute Gasteiger partial charge is 0.240 e. The van der Waals surface area contributed by atoms with E-state index in [0.29, 0.717) is 0 Å². The summed E-state index contributed by atoms with van der Waals surface area (Å²) in [4.78, 5) is 22.7. The molecule has 0 spiro atoms. The zero-order valence-electron chi connectivity index (χ0n) is 12.0. The maximum Gasteiger partial charge on any atom is 0.240 e. The molecule has 0 radical (unpaired) electrons. The van der Waals surface area contributed by atoms with Crippen LogP contribution in [0.4, 0.5) is 0 Å². The van der Waals surface area contributed by atoms with E-state index < -0.39 is 27.7 Å². The summed E-state index contributed by atoms with van der Waals surface area (Å²) < 4.78 is 23.3. The Labute approximate surface area is 115 Å². The normalized spacial score (nSPS) is 13.6. The first kappa shape index (κ1) is 17.9. The highest BCUT2D eigenvalue weighted by Crippen LogP contribution is 2.04. The number of amides is 2. The fourth-order valence-electron chi connectivity index (χ4n) is 1.65. The number of hydrogen-bond acceptors (Lipinski definition) is 4. The quantitative estimate of drug-likeness (QED) is 0.660. The van der Waals surface area contributed by atoms with Crippen LogP contribution in [0, 0.1) is 11.8 Å². The summed E-state index contributed by atoms with van der Waals surface area (Å²) >= 11 is 0. The molecule has 0 fully saturated rings. The monoisotopic (exact) mass is 292 g/mol. The van der Waals surface area contributed by atoms with Gasteiger partial charge in [0.25, 0.3) is 0 Å². The van der Waals surface area contributed by atoms with Gasteiger partial charge in [-0.3, -0.25) is 9.59 Å². The van der Waals surface area contributed by atoms with Crippen LogP contribution < -0.4 is 11.1 Å². The van der Waals surface area contributed by atoms with Crippen LogP contribution in [-0.2, 0) is 19.4 Å². The van der Waals surface area contributed by atoms with Crippen molar-refractivity contribution in [1.29, 1.82) is 0 Å². The average molecular weight is 292 g/mol. The molecular weight excluding hydrogens is 268 g/mol. The van der Waals surface area contributed by atoms with Crippen LogP contribution in [0.5, 0.6) is 0 Å². The van der Waals surface area contributed by atoms with Gasteiger partial charge in [-0.2, -0.15) is 0 Å². The maximum atomic E-state index is 11.6. The maximum absolute atomic E-state index is 11.6. The third-order valence-electron chi connectivity index (χ3n) is 2.52. The Balaban J connectivity index is 4.37. The third-order valence-corrected chi connectivity index (χ3v) is 4.52. The van der Waals surface area contributed by atoms with Crippen molar-refractivity contribution in [3.63, 3.8) is 0 Å². The van der Waals surface area contributed by atoms with Crippen LogP contribution >= 0.6 is 0 Å². The Morgan fingerprint density at radius 1 is 1.16 bits per heavy atom. The largest absolute Gasteiger partial charge is 0.368 e. The summed E-state index contributed by atoms with van der Waals surface area (Å²) in [7, 11) is -3.23. The molecule has 0 bridgehead atoms. The van der Waals surface area contributed by atoms with Gasteiger partial charge in [-0.1, -0.05) is 27.7 Å². The highest BCUT2D eigenvalue weighted by molar-refractivity contribution is 7.91. The van der Waals surface area contributed by atoms with E-state index in [1.807, 2.05) is 0 Å². The first-order valence-electron chi connectivity index (χ1n) is 6.34. The minimum Gasteiger partial charge on any atom is -0.368 e. The standard InChI is InChI=1S/C12H24N2O4S/c1-8(2)7-19(17,18)6-5-10(15)14-11(9(3)4)12(13)16/h8-9,11H,5-7H2,1-4H3,(H2,13,16)(H,14,15). The van der Waals surface area contributed by atoms with Gasteiger partial charge in [0.1, 0.15) is 6.04 Å². The average Bonchev–Trinajstić information content (AvgIpc) is 2.20. The van der Waals surface area contributed by atoms with Crippen molar-refractivity contribution >= 4 is 21.7 Å². The van der Waals surface area contributed by atoms with Crippen molar-refractivity contribution < 1.29 is 18.0 Å². The SMILES string of the molecule is CC(C)CS(=O)(=O)CCC(=O)NC(C(N)=O)C(C)C. The van der Waals surface area contributed by atoms with E-state index in [1.54, 1.807) is 27.7 Å². The predicted octanol–water partition coefficient (Wildman–Crippen LogP) is 0.0734. The predicted molar refractivity (Wildman–Crippen MR) is 74.1 cm³/mol. The Morgan fingerprint density at radius 2 is 1.68 bits per heavy atom. The zero-order chi connectivity index (χ0) is 15.2. The van der Waals surface area contributed by atoms with Crippen LogP contribution in [0.25, 0.3) is 0 Å². The lowest BCUT2D eigenvalue weighted by Gasteiger charge is -2.18. The molecule has 0 saturated carbocycles. The van der Waals surface area contributed by atoms with Crippen molar-refractivity contribution in [3.8, 4) is 0 Å². The fraction of sp³-hybridized carbons (Fsp3) is 0.833. The lowest BCUT2D eigenvalue weighted by Crippen LogP contribution is -2.48. The Bertz CT molecular complexity index is 415. The summed E-state index contributed by atoms with van der Waals surface area (Å²) in [5.74, 6) is -1.33. The van der Waals surface area contributed by atoms with Crippen molar-refractivity contribution in [2.24, 2.45) is 17.6 Å². The van der Waals surface area contributed by atoms with E-state index in [-0.39, 0.29) is 29.8 Å². The van der Waals surface area contributed by atoms with E-state index in [0.717, 1.165) is 0 Å². The molecule has 1 unspecified atom stereocenters. The van der Waals surface area contributed by atoms with Gasteiger partial charge in [-0.05, 0) is 11.8 Å². The van der Waals surface area contributed by atoms with Crippen molar-refractivity contribution in [2.75, 3.05) is 11.5 Å². The first-order valence-corrected chi connectivity index (χ1v) is 8.16. The Morgan fingerprint density at radius 3 is 2.05 bits per heavy atom. The van der Waals surface area contributed by atoms with E-state index in [4.69, 9.17) is 5.73 Å². The topological polar surface area (TPSA) is 106 Å². The fourth-order valence-corrected chi connectivity index (χ4v) is 3.33. The summed E-state index contributed by atoms with van der Waals surface area (Å²) in [6.45, 7) is 7.12. The van der Waals surface area contributed by atoms with E-state index in [1.165, 1.54) is 0 Å². The number of rotatable bonds is 8. The lowest BCUT2D eigenvalue weighted by molar-refractivity contribution is -0.128. The van der Waals surface area contributed by atoms with Crippen molar-refractivity contribution in [2.45, 2.75) is 40.2 Å². The zero-order valence-corrected chi connectivity index (χ0v) is 12.8. The Kier molecular flexibility index (Phi) is 7.04. The molecule has 0 heterocycles. The van der Waals surface area contributed by atoms with Gasteiger partial charge in [0, 0.05) is 6.42 Å². The number of carbonyl (C=O) groups excluding carboxylic acids is 2. The summed E-state index contributed by atoms with van der Waals surface area (Å²) in [6.07, 6.45) is -0.147. The van der Waals surface area contributed by atoms with Crippen LogP contribution in [0.2, 0.25) is 0 Å². The van der Waals surface area contributed by atoms with Gasteiger partial charge in [-0.15, -0.1) is 0 Å². The highest BCUT2D eigenvalue weighted by Gasteiger charge is 2.22. The summed E-state index contributed by atoms with van der Waals surface area (Å²) in [5.41, 5.74) is 5.16. The van der Waals surface area contributed by atoms with Gasteiger partial charge in [0.2, 0.25) is 11.8 Å². The second-order valence-electron chi connectivity index (χ2n) is 5.45. The molecule has 7 heteroatoms. The number of nitrogens with two attached hydrogens (primary N) is 1. The minimum atomic E-state index is -3.23. The molecule has 0 aliphatic rings. The summed E-state index contributed by atoms with van der Waals surface area (Å²) in [6, 6.07) is -0.764. The minimum absolute atomic E-state index is 0.0297. The van der Waals surface area contributed by atoms with Crippen molar-refractivity contribution in [1.82, 2.24) is 5.32 Å². The molecule has 0 aromatic heterocycles. The molecule has 6 nitrogen and oxygen atoms in total. The number of carbonyl (C=O) groups is 2. The molecule has 3 N–H and O–H groups in total. The second-order valence-corrected chi connectivity index (χ2v) is 7.68. The van der Waals surface area contributed by atoms with Gasteiger partial charge >= 0.3 is 0 Å². The van der Waals surface area contributed by atoms with Gasteiger partial charge in [0.15, 0.2) is 9.84 Å². The van der Waals surface area contributed by atoms with Gasteiger partial charge in [-0.25, -0.2) is 8.42 Å². The van der Waals surface area contributed by atoms with E-state index >= 15 is 0 Å². The number of nitrogens with one attached hydrogen (secondary N) is 1. The molecular formula is C12H24N2O4S. The van der Waals surface area contributed by atoms with Gasteiger partial charge < -0.3 is 11.1 Å². The van der Waals surface area contributed by atoms with E-state index in [9.17, 15) is 18.0 Å². The first-order chi connectivity index (χ1) is 8.55. The number of sulfone groups is 1. The van der Waals surface area contributed by atoms with Crippen molar-refractivity contribution in [3.05, 3.63) is 0 Å². The molecule has 112 valence electrons. The second kappa shape index (κ2) is 7.47. The highest BCUT2D eigenvalue weighted by atomic mass is 32.2. The molecule has 0 aromatic carbocycles. The lowest BCUT2D eigenvalue weighted by atomic mass is 10.0. The number of primary amides is 1. The molecule has 0 aliphatic heterocycles. The molecule has 0 aliphatic carbocycles. The van der Waals surface area contributed by atoms with Crippen LogP contribution in [0.3, 0.4) is 0 Å². The third kappa shape index (κ3) is 7.81. The van der Waals surface area contributed by atoms with Crippen LogP contribution in [0.1, 0.15) is 34.1 Å².